The van der Waals surface area contributed by atoms with Crippen molar-refractivity contribution in [2.24, 2.45) is 0 Å². The highest BCUT2D eigenvalue weighted by Crippen LogP contribution is 2.55. The maximum Gasteiger partial charge on any atom is 0.252 e. The van der Waals surface area contributed by atoms with E-state index in [-0.39, 0.29) is 12.1 Å². The second-order valence-electron chi connectivity index (χ2n) is 24.6. The lowest BCUT2D eigenvalue weighted by Crippen LogP contribution is -2.61. The molecular formula is C84H65BN2. The second kappa shape index (κ2) is 21.9. The van der Waals surface area contributed by atoms with Gasteiger partial charge in [-0.05, 0) is 157 Å². The Morgan fingerprint density at radius 2 is 0.529 bits per heavy atom. The minimum Gasteiger partial charge on any atom is -0.310 e. The van der Waals surface area contributed by atoms with Crippen LogP contribution in [0.4, 0.5) is 34.1 Å². The van der Waals surface area contributed by atoms with Gasteiger partial charge < -0.3 is 9.80 Å². The van der Waals surface area contributed by atoms with Gasteiger partial charge in [-0.25, -0.2) is 0 Å². The summed E-state index contributed by atoms with van der Waals surface area (Å²) in [5.74, 6) is 0. The summed E-state index contributed by atoms with van der Waals surface area (Å²) in [6, 6.07) is 114. The molecule has 0 fully saturated rings. The van der Waals surface area contributed by atoms with Crippen molar-refractivity contribution in [3.05, 3.63) is 320 Å². The monoisotopic (exact) mass is 1110 g/mol. The Morgan fingerprint density at radius 1 is 0.253 bits per heavy atom. The summed E-state index contributed by atoms with van der Waals surface area (Å²) in [5.41, 5.74) is 32.8. The molecule has 0 amide bonds. The molecule has 0 aromatic heterocycles. The first-order valence-electron chi connectivity index (χ1n) is 30.5. The highest BCUT2D eigenvalue weighted by Gasteiger charge is 2.46. The van der Waals surface area contributed by atoms with Gasteiger partial charge in [-0.1, -0.05) is 287 Å². The largest absolute Gasteiger partial charge is 0.310 e. The first-order chi connectivity index (χ1) is 42.6. The predicted octanol–water partition coefficient (Wildman–Crippen LogP) is 21.0. The molecule has 0 radical (unpaired) electrons. The minimum atomic E-state index is -0.271. The molecule has 414 valence electrons. The first-order valence-corrected chi connectivity index (χ1v) is 30.5. The Hall–Kier alpha value is -10.5. The third kappa shape index (κ3) is 9.67. The molecule has 0 atom stereocenters. The molecule has 0 spiro atoms. The third-order valence-electron chi connectivity index (χ3n) is 17.9. The number of rotatable bonds is 10. The van der Waals surface area contributed by atoms with Gasteiger partial charge in [0.1, 0.15) is 0 Å². The fourth-order valence-electron chi connectivity index (χ4n) is 13.5. The normalized spacial score (nSPS) is 12.4. The van der Waals surface area contributed by atoms with E-state index in [0.29, 0.717) is 0 Å². The van der Waals surface area contributed by atoms with Crippen molar-refractivity contribution in [3.8, 4) is 89.0 Å². The molecule has 0 bridgehead atoms. The molecule has 2 nitrogen and oxygen atoms in total. The van der Waals surface area contributed by atoms with E-state index in [1.165, 1.54) is 89.0 Å². The second-order valence-corrected chi connectivity index (χ2v) is 24.6. The van der Waals surface area contributed by atoms with Crippen LogP contribution in [-0.4, -0.2) is 6.71 Å². The van der Waals surface area contributed by atoms with E-state index in [1.54, 1.807) is 0 Å². The summed E-state index contributed by atoms with van der Waals surface area (Å²) in [5, 5.41) is 0. The third-order valence-corrected chi connectivity index (χ3v) is 17.9. The highest BCUT2D eigenvalue weighted by atomic mass is 15.2. The average Bonchev–Trinajstić information content (AvgIpc) is 0.726. The zero-order valence-corrected chi connectivity index (χ0v) is 49.8. The molecule has 0 unspecified atom stereocenters. The maximum absolute atomic E-state index is 2.68. The number of nitrogens with zero attached hydrogens (tertiary/aromatic N) is 2. The lowest BCUT2D eigenvalue weighted by Gasteiger charge is -2.46. The molecule has 0 N–H and O–H groups in total. The Morgan fingerprint density at radius 3 is 0.828 bits per heavy atom. The highest BCUT2D eigenvalue weighted by molar-refractivity contribution is 7.00. The van der Waals surface area contributed by atoms with Gasteiger partial charge in [-0.3, -0.25) is 0 Å². The topological polar surface area (TPSA) is 6.48 Å². The zero-order chi connectivity index (χ0) is 58.8. The SMILES string of the molecule is Cc1ccc(-c2cc(-c3ccccc3)c(N3c4ccc(-c5ccccc5)cc4B4c5cc(-c6ccccc6)ccc5N(c5c(-c6ccccc6)cc(-c6ccc(C)cc6)cc5-c5ccccc5)c5cc(C(C)(C)C)cc3c54)c(-c3ccccc3)c2)cc1. The number of hydrogen-bond donors (Lipinski definition) is 0. The van der Waals surface area contributed by atoms with E-state index in [9.17, 15) is 0 Å². The summed E-state index contributed by atoms with van der Waals surface area (Å²) >= 11 is 0. The van der Waals surface area contributed by atoms with Gasteiger partial charge in [0.2, 0.25) is 0 Å². The van der Waals surface area contributed by atoms with Gasteiger partial charge >= 0.3 is 0 Å². The molecule has 3 heteroatoms. The molecule has 0 saturated carbocycles. The van der Waals surface area contributed by atoms with Gasteiger partial charge in [0.15, 0.2) is 0 Å². The van der Waals surface area contributed by atoms with Gasteiger partial charge in [0.05, 0.1) is 11.4 Å². The smallest absolute Gasteiger partial charge is 0.252 e. The molecule has 2 aliphatic heterocycles. The lowest BCUT2D eigenvalue weighted by molar-refractivity contribution is 0.590. The van der Waals surface area contributed by atoms with Gasteiger partial charge in [0.25, 0.3) is 6.71 Å². The summed E-state index contributed by atoms with van der Waals surface area (Å²) < 4.78 is 0. The van der Waals surface area contributed by atoms with Crippen LogP contribution >= 0.6 is 0 Å². The van der Waals surface area contributed by atoms with Crippen LogP contribution < -0.4 is 26.2 Å². The maximum atomic E-state index is 2.68. The number of hydrogen-bond acceptors (Lipinski definition) is 2. The van der Waals surface area contributed by atoms with Crippen molar-refractivity contribution in [3.63, 3.8) is 0 Å². The van der Waals surface area contributed by atoms with Crippen LogP contribution in [-0.2, 0) is 5.41 Å². The molecule has 2 heterocycles. The molecule has 13 aromatic carbocycles. The summed E-state index contributed by atoms with van der Waals surface area (Å²) in [7, 11) is 0. The molecule has 2 aliphatic rings. The molecule has 0 aliphatic carbocycles. The van der Waals surface area contributed by atoms with E-state index in [4.69, 9.17) is 0 Å². The predicted molar refractivity (Wildman–Crippen MR) is 372 cm³/mol. The average molecular weight is 1110 g/mol. The van der Waals surface area contributed by atoms with Crippen LogP contribution in [0.1, 0.15) is 37.5 Å². The summed E-state index contributed by atoms with van der Waals surface area (Å²) in [4.78, 5) is 5.36. The van der Waals surface area contributed by atoms with Crippen molar-refractivity contribution in [2.75, 3.05) is 9.80 Å². The fraction of sp³-hybridized carbons (Fsp3) is 0.0714. The number of benzene rings is 13. The van der Waals surface area contributed by atoms with E-state index in [0.717, 1.165) is 67.3 Å². The van der Waals surface area contributed by atoms with E-state index in [1.807, 2.05) is 0 Å². The van der Waals surface area contributed by atoms with Crippen LogP contribution in [0.3, 0.4) is 0 Å². The van der Waals surface area contributed by atoms with Gasteiger partial charge in [0, 0.05) is 45.0 Å². The van der Waals surface area contributed by atoms with Crippen LogP contribution in [0.5, 0.6) is 0 Å². The Balaban J connectivity index is 1.13. The number of aryl methyl sites for hydroxylation is 2. The first kappa shape index (κ1) is 53.3. The zero-order valence-electron chi connectivity index (χ0n) is 49.8. The van der Waals surface area contributed by atoms with Crippen LogP contribution in [0.25, 0.3) is 89.0 Å². The van der Waals surface area contributed by atoms with Gasteiger partial charge in [-0.2, -0.15) is 0 Å². The van der Waals surface area contributed by atoms with Crippen molar-refractivity contribution < 1.29 is 0 Å². The molecule has 13 aromatic rings. The quantitative estimate of drug-likeness (QED) is 0.126. The van der Waals surface area contributed by atoms with Crippen LogP contribution in [0.15, 0.2) is 303 Å². The van der Waals surface area contributed by atoms with E-state index >= 15 is 0 Å². The standard InChI is InChI=1S/C84H65BN2/c1-56-36-40-60(41-37-56)68-48-71(62-28-16-8-17-29-62)82(72(49-68)63-30-18-9-19-31-63)86-77-46-44-66(58-24-12-6-13-25-58)52-75(77)85-76-53-67(59-26-14-7-15-27-59)45-47-78(76)87(80-55-70(84(3,4)5)54-79(86)81(80)85)83-73(64-32-20-10-21-33-64)50-69(61-42-38-57(2)39-43-61)51-74(83)65-34-22-11-23-35-65/h6-55H,1-5H3. The van der Waals surface area contributed by atoms with E-state index in [2.05, 4.69) is 348 Å². The van der Waals surface area contributed by atoms with Crippen LogP contribution in [0.2, 0.25) is 0 Å². The summed E-state index contributed by atoms with van der Waals surface area (Å²) in [6.45, 7) is 11.3. The molecular weight excluding hydrogens is 1050 g/mol. The van der Waals surface area contributed by atoms with E-state index < -0.39 is 0 Å². The Kier molecular flexibility index (Phi) is 13.4. The lowest BCUT2D eigenvalue weighted by atomic mass is 9.33. The number of anilines is 6. The van der Waals surface area contributed by atoms with Crippen molar-refractivity contribution >= 4 is 57.2 Å². The van der Waals surface area contributed by atoms with Crippen molar-refractivity contribution in [1.82, 2.24) is 0 Å². The van der Waals surface area contributed by atoms with Crippen molar-refractivity contribution in [1.29, 1.82) is 0 Å². The molecule has 15 rings (SSSR count). The Labute approximate surface area is 513 Å². The molecule has 87 heavy (non-hydrogen) atoms. The number of fused-ring (bicyclic) bond motifs is 4. The minimum absolute atomic E-state index is 0.187. The summed E-state index contributed by atoms with van der Waals surface area (Å²) in [6.07, 6.45) is 0. The Bertz CT molecular complexity index is 4280. The fourth-order valence-corrected chi connectivity index (χ4v) is 13.5. The molecule has 0 saturated heterocycles. The van der Waals surface area contributed by atoms with Gasteiger partial charge in [-0.15, -0.1) is 0 Å². The van der Waals surface area contributed by atoms with Crippen molar-refractivity contribution in [2.45, 2.75) is 40.0 Å². The van der Waals surface area contributed by atoms with Crippen LogP contribution in [0, 0.1) is 13.8 Å².